The van der Waals surface area contributed by atoms with Crippen LogP contribution in [0.1, 0.15) is 11.4 Å². The van der Waals surface area contributed by atoms with Gasteiger partial charge in [0.2, 0.25) is 4.77 Å². The molecule has 22 heavy (non-hydrogen) atoms. The first-order valence-electron chi connectivity index (χ1n) is 6.06. The summed E-state index contributed by atoms with van der Waals surface area (Å²) in [6, 6.07) is 2.75. The molecule has 0 saturated carbocycles. The Kier molecular flexibility index (Phi) is 4.51. The summed E-state index contributed by atoms with van der Waals surface area (Å²) >= 11 is 5.01. The van der Waals surface area contributed by atoms with E-state index in [1.165, 1.54) is 37.2 Å². The molecule has 2 aromatic rings. The van der Waals surface area contributed by atoms with Crippen molar-refractivity contribution in [2.24, 2.45) is 5.10 Å². The SMILES string of the molecule is COc1cc(/C=N\n2c(C)n[nH]c2=S)c([N+](=O)[O-])cc1OC. The van der Waals surface area contributed by atoms with Gasteiger partial charge in [-0.1, -0.05) is 0 Å². The molecule has 0 unspecified atom stereocenters. The van der Waals surface area contributed by atoms with Crippen LogP contribution in [0.3, 0.4) is 0 Å². The van der Waals surface area contributed by atoms with Crippen molar-refractivity contribution in [2.45, 2.75) is 6.92 Å². The van der Waals surface area contributed by atoms with Crippen molar-refractivity contribution in [1.82, 2.24) is 14.9 Å². The van der Waals surface area contributed by atoms with E-state index in [1.807, 2.05) is 0 Å². The number of nitrogens with zero attached hydrogens (tertiary/aromatic N) is 4. The Labute approximate surface area is 130 Å². The number of ether oxygens (including phenoxy) is 2. The number of nitro groups is 1. The fourth-order valence-electron chi connectivity index (χ4n) is 1.77. The average molecular weight is 323 g/mol. The number of nitro benzene ring substituents is 1. The normalized spacial score (nSPS) is 10.9. The van der Waals surface area contributed by atoms with Crippen molar-refractivity contribution >= 4 is 24.1 Å². The summed E-state index contributed by atoms with van der Waals surface area (Å²) in [6.07, 6.45) is 1.32. The molecule has 1 N–H and O–H groups in total. The second kappa shape index (κ2) is 6.35. The maximum Gasteiger partial charge on any atom is 0.282 e. The van der Waals surface area contributed by atoms with Gasteiger partial charge in [-0.15, -0.1) is 0 Å². The van der Waals surface area contributed by atoms with Crippen LogP contribution in [0.5, 0.6) is 11.5 Å². The number of rotatable bonds is 5. The molecule has 0 atom stereocenters. The molecular formula is C12H13N5O4S. The standard InChI is InChI=1S/C12H13N5O4S/c1-7-14-15-12(22)16(7)13-6-8-4-10(20-2)11(21-3)5-9(8)17(18)19/h4-6H,1-3H3,(H,15,22)/b13-6-. The lowest BCUT2D eigenvalue weighted by molar-refractivity contribution is -0.385. The first kappa shape index (κ1) is 15.6. The molecule has 2 rings (SSSR count). The van der Waals surface area contributed by atoms with Gasteiger partial charge in [0.25, 0.3) is 5.69 Å². The molecule has 1 aromatic heterocycles. The predicted molar refractivity (Wildman–Crippen MR) is 81.3 cm³/mol. The molecule has 9 nitrogen and oxygen atoms in total. The second-order valence-electron chi connectivity index (χ2n) is 4.16. The molecule has 0 aliphatic rings. The van der Waals surface area contributed by atoms with E-state index in [4.69, 9.17) is 21.7 Å². The van der Waals surface area contributed by atoms with Crippen molar-refractivity contribution in [3.8, 4) is 11.5 Å². The quantitative estimate of drug-likeness (QED) is 0.390. The first-order valence-corrected chi connectivity index (χ1v) is 6.47. The summed E-state index contributed by atoms with van der Waals surface area (Å²) in [5.41, 5.74) is 0.0965. The van der Waals surface area contributed by atoms with E-state index in [0.29, 0.717) is 11.6 Å². The Morgan fingerprint density at radius 2 is 2.05 bits per heavy atom. The summed E-state index contributed by atoms with van der Waals surface area (Å²) in [5.74, 6) is 1.16. The molecule has 0 saturated heterocycles. The molecule has 0 fully saturated rings. The number of hydrogen-bond acceptors (Lipinski definition) is 7. The Bertz CT molecular complexity index is 795. The van der Waals surface area contributed by atoms with Gasteiger partial charge < -0.3 is 9.47 Å². The lowest BCUT2D eigenvalue weighted by Crippen LogP contribution is -2.00. The van der Waals surface area contributed by atoms with Gasteiger partial charge in [-0.05, 0) is 25.2 Å². The zero-order chi connectivity index (χ0) is 16.3. The highest BCUT2D eigenvalue weighted by molar-refractivity contribution is 7.71. The van der Waals surface area contributed by atoms with Crippen molar-refractivity contribution in [1.29, 1.82) is 0 Å². The van der Waals surface area contributed by atoms with Gasteiger partial charge >= 0.3 is 0 Å². The minimum atomic E-state index is -0.523. The first-order chi connectivity index (χ1) is 10.5. The smallest absolute Gasteiger partial charge is 0.282 e. The van der Waals surface area contributed by atoms with Crippen LogP contribution in [0.4, 0.5) is 5.69 Å². The molecule has 1 heterocycles. The van der Waals surface area contributed by atoms with E-state index in [2.05, 4.69) is 15.3 Å². The lowest BCUT2D eigenvalue weighted by atomic mass is 10.1. The molecular weight excluding hydrogens is 310 g/mol. The molecule has 116 valence electrons. The fourth-order valence-corrected chi connectivity index (χ4v) is 2.00. The van der Waals surface area contributed by atoms with E-state index in [1.54, 1.807) is 6.92 Å². The van der Waals surface area contributed by atoms with E-state index in [-0.39, 0.29) is 21.8 Å². The number of benzene rings is 1. The molecule has 0 aliphatic carbocycles. The van der Waals surface area contributed by atoms with Crippen LogP contribution in [0.15, 0.2) is 17.2 Å². The molecule has 0 amide bonds. The van der Waals surface area contributed by atoms with Gasteiger partial charge in [-0.25, -0.2) is 0 Å². The van der Waals surface area contributed by atoms with E-state index in [0.717, 1.165) is 0 Å². The highest BCUT2D eigenvalue weighted by atomic mass is 32.1. The Morgan fingerprint density at radius 3 is 2.55 bits per heavy atom. The number of H-pyrrole nitrogens is 1. The van der Waals surface area contributed by atoms with Gasteiger partial charge in [-0.3, -0.25) is 15.2 Å². The maximum atomic E-state index is 11.2. The van der Waals surface area contributed by atoms with Crippen LogP contribution in [0.2, 0.25) is 0 Å². The second-order valence-corrected chi connectivity index (χ2v) is 4.54. The largest absolute Gasteiger partial charge is 0.493 e. The number of aryl methyl sites for hydroxylation is 1. The predicted octanol–water partition coefficient (Wildman–Crippen LogP) is 2.06. The van der Waals surface area contributed by atoms with Crippen LogP contribution < -0.4 is 9.47 Å². The number of aromatic nitrogens is 3. The van der Waals surface area contributed by atoms with E-state index >= 15 is 0 Å². The van der Waals surface area contributed by atoms with Gasteiger partial charge in [0.15, 0.2) is 11.5 Å². The summed E-state index contributed by atoms with van der Waals surface area (Å²) in [7, 11) is 2.85. The molecule has 1 aromatic carbocycles. The average Bonchev–Trinajstić information content (AvgIpc) is 2.82. The number of nitrogens with one attached hydrogen (secondary N) is 1. The topological polar surface area (TPSA) is 108 Å². The van der Waals surface area contributed by atoms with E-state index in [9.17, 15) is 10.1 Å². The summed E-state index contributed by atoms with van der Waals surface area (Å²) < 4.78 is 11.8. The van der Waals surface area contributed by atoms with Crippen molar-refractivity contribution in [3.05, 3.63) is 38.4 Å². The summed E-state index contributed by atoms with van der Waals surface area (Å²) in [6.45, 7) is 1.70. The minimum absolute atomic E-state index is 0.158. The van der Waals surface area contributed by atoms with Gasteiger partial charge in [0.05, 0.1) is 37.0 Å². The maximum absolute atomic E-state index is 11.2. The molecule has 0 radical (unpaired) electrons. The monoisotopic (exact) mass is 323 g/mol. The summed E-state index contributed by atoms with van der Waals surface area (Å²) in [4.78, 5) is 10.7. The highest BCUT2D eigenvalue weighted by Gasteiger charge is 2.18. The van der Waals surface area contributed by atoms with Crippen LogP contribution in [0.25, 0.3) is 0 Å². The van der Waals surface area contributed by atoms with Crippen LogP contribution in [-0.2, 0) is 0 Å². The fraction of sp³-hybridized carbons (Fsp3) is 0.250. The number of methoxy groups -OCH3 is 2. The van der Waals surface area contributed by atoms with Gasteiger partial charge in [-0.2, -0.15) is 14.9 Å². The van der Waals surface area contributed by atoms with E-state index < -0.39 is 4.92 Å². The number of hydrogen-bond donors (Lipinski definition) is 1. The third-order valence-corrected chi connectivity index (χ3v) is 3.12. The molecule has 0 bridgehead atoms. The van der Waals surface area contributed by atoms with Crippen molar-refractivity contribution < 1.29 is 14.4 Å². The molecule has 10 heteroatoms. The lowest BCUT2D eigenvalue weighted by Gasteiger charge is -2.08. The molecule has 0 spiro atoms. The van der Waals surface area contributed by atoms with Crippen LogP contribution in [-0.4, -0.2) is 40.2 Å². The van der Waals surface area contributed by atoms with Crippen LogP contribution >= 0.6 is 12.2 Å². The Morgan fingerprint density at radius 1 is 1.41 bits per heavy atom. The van der Waals surface area contributed by atoms with Gasteiger partial charge in [0, 0.05) is 0 Å². The van der Waals surface area contributed by atoms with Crippen molar-refractivity contribution in [3.63, 3.8) is 0 Å². The Balaban J connectivity index is 2.54. The van der Waals surface area contributed by atoms with Crippen molar-refractivity contribution in [2.75, 3.05) is 14.2 Å². The molecule has 0 aliphatic heterocycles. The zero-order valence-corrected chi connectivity index (χ0v) is 12.9. The number of aromatic amines is 1. The third kappa shape index (κ3) is 2.96. The highest BCUT2D eigenvalue weighted by Crippen LogP contribution is 2.33. The zero-order valence-electron chi connectivity index (χ0n) is 12.1. The van der Waals surface area contributed by atoms with Crippen LogP contribution in [0, 0.1) is 21.8 Å². The minimum Gasteiger partial charge on any atom is -0.493 e. The third-order valence-electron chi connectivity index (χ3n) is 2.85. The Hall–Kier alpha value is -2.75. The summed E-state index contributed by atoms with van der Waals surface area (Å²) in [5, 5.41) is 21.8. The van der Waals surface area contributed by atoms with Gasteiger partial charge in [0.1, 0.15) is 5.82 Å².